The van der Waals surface area contributed by atoms with Crippen LogP contribution in [0.4, 0.5) is 10.5 Å². The molecule has 0 saturated carbocycles. The van der Waals surface area contributed by atoms with Gasteiger partial charge in [-0.15, -0.1) is 0 Å². The molecule has 0 aliphatic rings. The minimum Gasteiger partial charge on any atom is -0.338 e. The van der Waals surface area contributed by atoms with Gasteiger partial charge in [-0.3, -0.25) is 0 Å². The normalized spacial score (nSPS) is 10.5. The summed E-state index contributed by atoms with van der Waals surface area (Å²) in [5, 5.41) is 8.67. The Morgan fingerprint density at radius 2 is 1.65 bits per heavy atom. The second kappa shape index (κ2) is 7.16. The summed E-state index contributed by atoms with van der Waals surface area (Å²) in [4.78, 5) is 12.0. The van der Waals surface area contributed by atoms with Crippen LogP contribution in [-0.4, -0.2) is 12.6 Å². The minimum absolute atomic E-state index is 0.215. The standard InChI is InChI=1S/C19H17ClN2O/c20-18-8-4-3-6-15(18)11-12-21-19(23)22-17-10-9-14-5-1-2-7-16(14)13-17/h1-10,13H,11-12H2,(H2,21,22,23). The largest absolute Gasteiger partial charge is 0.338 e. The molecule has 3 rings (SSSR count). The number of carbonyl (C=O) groups is 1. The first kappa shape index (κ1) is 15.4. The topological polar surface area (TPSA) is 41.1 Å². The number of benzene rings is 3. The first-order valence-corrected chi connectivity index (χ1v) is 7.87. The Bertz CT molecular complexity index is 832. The van der Waals surface area contributed by atoms with Gasteiger partial charge in [-0.25, -0.2) is 4.79 Å². The van der Waals surface area contributed by atoms with Crippen LogP contribution in [0.2, 0.25) is 5.02 Å². The van der Waals surface area contributed by atoms with E-state index in [2.05, 4.69) is 10.6 Å². The Labute approximate surface area is 140 Å². The van der Waals surface area contributed by atoms with Crippen LogP contribution >= 0.6 is 11.6 Å². The molecular weight excluding hydrogens is 308 g/mol. The Morgan fingerprint density at radius 1 is 0.913 bits per heavy atom. The molecule has 23 heavy (non-hydrogen) atoms. The summed E-state index contributed by atoms with van der Waals surface area (Å²) < 4.78 is 0. The van der Waals surface area contributed by atoms with E-state index in [0.29, 0.717) is 13.0 Å². The zero-order valence-electron chi connectivity index (χ0n) is 12.6. The van der Waals surface area contributed by atoms with Crippen molar-refractivity contribution in [1.82, 2.24) is 5.32 Å². The number of urea groups is 1. The van der Waals surface area contributed by atoms with Gasteiger partial charge in [-0.1, -0.05) is 60.1 Å². The molecule has 0 unspecified atom stereocenters. The van der Waals surface area contributed by atoms with Crippen LogP contribution in [0.25, 0.3) is 10.8 Å². The third kappa shape index (κ3) is 4.02. The molecule has 0 atom stereocenters. The maximum absolute atomic E-state index is 12.0. The van der Waals surface area contributed by atoms with Crippen molar-refractivity contribution in [3.63, 3.8) is 0 Å². The Kier molecular flexibility index (Phi) is 4.79. The average molecular weight is 325 g/mol. The Balaban J connectivity index is 1.55. The Morgan fingerprint density at radius 3 is 2.48 bits per heavy atom. The van der Waals surface area contributed by atoms with Gasteiger partial charge in [-0.05, 0) is 41.0 Å². The maximum atomic E-state index is 12.0. The van der Waals surface area contributed by atoms with Crippen molar-refractivity contribution < 1.29 is 4.79 Å². The highest BCUT2D eigenvalue weighted by atomic mass is 35.5. The lowest BCUT2D eigenvalue weighted by molar-refractivity contribution is 0.252. The summed E-state index contributed by atoms with van der Waals surface area (Å²) in [5.41, 5.74) is 1.80. The van der Waals surface area contributed by atoms with Crippen molar-refractivity contribution in [2.75, 3.05) is 11.9 Å². The molecule has 0 bridgehead atoms. The first-order valence-electron chi connectivity index (χ1n) is 7.49. The van der Waals surface area contributed by atoms with E-state index in [9.17, 15) is 4.79 Å². The molecule has 3 aromatic carbocycles. The fourth-order valence-corrected chi connectivity index (χ4v) is 2.68. The number of amides is 2. The zero-order chi connectivity index (χ0) is 16.1. The Hall–Kier alpha value is -2.52. The van der Waals surface area contributed by atoms with E-state index in [0.717, 1.165) is 27.0 Å². The van der Waals surface area contributed by atoms with Crippen LogP contribution in [0.5, 0.6) is 0 Å². The number of carbonyl (C=O) groups excluding carboxylic acids is 1. The summed E-state index contributed by atoms with van der Waals surface area (Å²) in [6, 6.07) is 21.3. The molecule has 0 spiro atoms. The molecule has 0 radical (unpaired) electrons. The van der Waals surface area contributed by atoms with E-state index in [4.69, 9.17) is 11.6 Å². The highest BCUT2D eigenvalue weighted by Crippen LogP contribution is 2.18. The van der Waals surface area contributed by atoms with E-state index in [1.807, 2.05) is 66.7 Å². The lowest BCUT2D eigenvalue weighted by atomic mass is 10.1. The second-order valence-electron chi connectivity index (χ2n) is 5.28. The van der Waals surface area contributed by atoms with Crippen LogP contribution in [0.3, 0.4) is 0 Å². The predicted molar refractivity (Wildman–Crippen MR) is 96.1 cm³/mol. The van der Waals surface area contributed by atoms with Crippen molar-refractivity contribution in [3.05, 3.63) is 77.3 Å². The van der Waals surface area contributed by atoms with Crippen molar-refractivity contribution in [2.24, 2.45) is 0 Å². The first-order chi connectivity index (χ1) is 11.2. The van der Waals surface area contributed by atoms with Gasteiger partial charge >= 0.3 is 6.03 Å². The smallest absolute Gasteiger partial charge is 0.319 e. The number of halogens is 1. The summed E-state index contributed by atoms with van der Waals surface area (Å²) in [6.07, 6.45) is 0.699. The SMILES string of the molecule is O=C(NCCc1ccccc1Cl)Nc1ccc2ccccc2c1. The second-order valence-corrected chi connectivity index (χ2v) is 5.69. The zero-order valence-corrected chi connectivity index (χ0v) is 13.3. The molecule has 3 aromatic rings. The molecule has 116 valence electrons. The number of hydrogen-bond acceptors (Lipinski definition) is 1. The number of fused-ring (bicyclic) bond motifs is 1. The minimum atomic E-state index is -0.215. The molecule has 2 amide bonds. The molecule has 0 aliphatic heterocycles. The van der Waals surface area contributed by atoms with E-state index in [-0.39, 0.29) is 6.03 Å². The number of anilines is 1. The molecule has 3 nitrogen and oxygen atoms in total. The fourth-order valence-electron chi connectivity index (χ4n) is 2.45. The molecule has 0 fully saturated rings. The van der Waals surface area contributed by atoms with Crippen LogP contribution in [0.15, 0.2) is 66.7 Å². The average Bonchev–Trinajstić information content (AvgIpc) is 2.56. The van der Waals surface area contributed by atoms with Gasteiger partial charge in [0.2, 0.25) is 0 Å². The van der Waals surface area contributed by atoms with Gasteiger partial charge in [0, 0.05) is 17.3 Å². The van der Waals surface area contributed by atoms with Crippen LogP contribution in [-0.2, 0) is 6.42 Å². The van der Waals surface area contributed by atoms with Crippen molar-refractivity contribution >= 4 is 34.1 Å². The highest BCUT2D eigenvalue weighted by molar-refractivity contribution is 6.31. The third-order valence-corrected chi connectivity index (χ3v) is 4.01. The van der Waals surface area contributed by atoms with Gasteiger partial charge in [0.15, 0.2) is 0 Å². The quantitative estimate of drug-likeness (QED) is 0.707. The monoisotopic (exact) mass is 324 g/mol. The van der Waals surface area contributed by atoms with Gasteiger partial charge in [0.05, 0.1) is 0 Å². The van der Waals surface area contributed by atoms with E-state index >= 15 is 0 Å². The maximum Gasteiger partial charge on any atom is 0.319 e. The predicted octanol–water partition coefficient (Wildman–Crippen LogP) is 4.86. The molecule has 0 aliphatic carbocycles. The number of nitrogens with one attached hydrogen (secondary N) is 2. The molecular formula is C19H17ClN2O. The highest BCUT2D eigenvalue weighted by Gasteiger charge is 2.03. The van der Waals surface area contributed by atoms with Gasteiger partial charge in [0.1, 0.15) is 0 Å². The van der Waals surface area contributed by atoms with Crippen LogP contribution in [0.1, 0.15) is 5.56 Å². The molecule has 0 heterocycles. The van der Waals surface area contributed by atoms with Gasteiger partial charge in [0.25, 0.3) is 0 Å². The van der Waals surface area contributed by atoms with Crippen molar-refractivity contribution in [2.45, 2.75) is 6.42 Å². The van der Waals surface area contributed by atoms with E-state index < -0.39 is 0 Å². The molecule has 2 N–H and O–H groups in total. The third-order valence-electron chi connectivity index (χ3n) is 3.65. The molecule has 0 saturated heterocycles. The molecule has 4 heteroatoms. The van der Waals surface area contributed by atoms with Gasteiger partial charge in [-0.2, -0.15) is 0 Å². The van der Waals surface area contributed by atoms with Crippen molar-refractivity contribution in [1.29, 1.82) is 0 Å². The fraction of sp³-hybridized carbons (Fsp3) is 0.105. The molecule has 0 aromatic heterocycles. The summed E-state index contributed by atoms with van der Waals surface area (Å²) in [5.74, 6) is 0. The van der Waals surface area contributed by atoms with E-state index in [1.54, 1.807) is 0 Å². The summed E-state index contributed by atoms with van der Waals surface area (Å²) >= 11 is 6.10. The van der Waals surface area contributed by atoms with Gasteiger partial charge < -0.3 is 10.6 Å². The lowest BCUT2D eigenvalue weighted by Gasteiger charge is -2.09. The summed E-state index contributed by atoms with van der Waals surface area (Å²) in [6.45, 7) is 0.531. The van der Waals surface area contributed by atoms with Crippen molar-refractivity contribution in [3.8, 4) is 0 Å². The number of hydrogen-bond donors (Lipinski definition) is 2. The van der Waals surface area contributed by atoms with Crippen LogP contribution < -0.4 is 10.6 Å². The lowest BCUT2D eigenvalue weighted by Crippen LogP contribution is -2.30. The van der Waals surface area contributed by atoms with Crippen LogP contribution in [0, 0.1) is 0 Å². The summed E-state index contributed by atoms with van der Waals surface area (Å²) in [7, 11) is 0. The number of rotatable bonds is 4. The van der Waals surface area contributed by atoms with E-state index in [1.165, 1.54) is 0 Å².